The van der Waals surface area contributed by atoms with E-state index in [0.29, 0.717) is 11.4 Å². The molecule has 0 amide bonds. The van der Waals surface area contributed by atoms with Crippen LogP contribution >= 0.6 is 24.4 Å². The number of hydrogen-bond acceptors (Lipinski definition) is 4. The summed E-state index contributed by atoms with van der Waals surface area (Å²) in [6, 6.07) is 19.0. The molecule has 0 radical (unpaired) electrons. The second-order valence-electron chi connectivity index (χ2n) is 4.60. The molecule has 0 aliphatic carbocycles. The predicted octanol–water partition coefficient (Wildman–Crippen LogP) is 1.46. The van der Waals surface area contributed by atoms with Crippen molar-refractivity contribution in [2.75, 3.05) is 0 Å². The van der Waals surface area contributed by atoms with E-state index < -0.39 is 0 Å². The SMILES string of the molecule is NC(=S)NN=C(C(=NNC(N)=S)c1ccccc1)c1ccccc1. The average molecular weight is 356 g/mol. The fourth-order valence-electron chi connectivity index (χ4n) is 1.92. The van der Waals surface area contributed by atoms with Crippen molar-refractivity contribution in [2.45, 2.75) is 0 Å². The molecule has 0 spiro atoms. The number of rotatable bonds is 5. The Labute approximate surface area is 150 Å². The lowest BCUT2D eigenvalue weighted by molar-refractivity contribution is 1.02. The first-order valence-electron chi connectivity index (χ1n) is 6.95. The minimum absolute atomic E-state index is 0.0538. The maximum Gasteiger partial charge on any atom is 0.184 e. The molecule has 6 nitrogen and oxygen atoms in total. The average Bonchev–Trinajstić information content (AvgIpc) is 2.59. The highest BCUT2D eigenvalue weighted by Gasteiger charge is 2.15. The molecule has 2 aromatic carbocycles. The van der Waals surface area contributed by atoms with E-state index in [1.54, 1.807) is 0 Å². The highest BCUT2D eigenvalue weighted by molar-refractivity contribution is 7.80. The first-order chi connectivity index (χ1) is 11.6. The molecular weight excluding hydrogens is 340 g/mol. The summed E-state index contributed by atoms with van der Waals surface area (Å²) in [6.45, 7) is 0. The van der Waals surface area contributed by atoms with Crippen LogP contribution in [0.2, 0.25) is 0 Å². The fourth-order valence-corrected chi connectivity index (χ4v) is 2.01. The second-order valence-corrected chi connectivity index (χ2v) is 5.48. The molecule has 0 saturated carbocycles. The van der Waals surface area contributed by atoms with Gasteiger partial charge in [0.2, 0.25) is 0 Å². The monoisotopic (exact) mass is 356 g/mol. The zero-order valence-corrected chi connectivity index (χ0v) is 14.3. The molecule has 8 heteroatoms. The van der Waals surface area contributed by atoms with Gasteiger partial charge in [0, 0.05) is 11.1 Å². The van der Waals surface area contributed by atoms with Crippen LogP contribution in [0, 0.1) is 0 Å². The third-order valence-corrected chi connectivity index (χ3v) is 3.06. The number of hydrogen-bond donors (Lipinski definition) is 4. The topological polar surface area (TPSA) is 101 Å². The standard InChI is InChI=1S/C16H16N6S2/c17-15(23)21-19-13(11-7-3-1-4-8-11)14(20-22-16(18)24)12-9-5-2-6-10-12/h1-10H,(H3,17,21,23)(H3,18,22,24). The van der Waals surface area contributed by atoms with Crippen LogP contribution in [-0.2, 0) is 0 Å². The molecule has 0 unspecified atom stereocenters. The zero-order chi connectivity index (χ0) is 17.4. The van der Waals surface area contributed by atoms with Gasteiger partial charge in [-0.15, -0.1) is 0 Å². The van der Waals surface area contributed by atoms with E-state index in [0.717, 1.165) is 11.1 Å². The van der Waals surface area contributed by atoms with Crippen molar-refractivity contribution >= 4 is 46.1 Å². The van der Waals surface area contributed by atoms with Crippen molar-refractivity contribution in [3.8, 4) is 0 Å². The van der Waals surface area contributed by atoms with Gasteiger partial charge in [-0.05, 0) is 24.4 Å². The number of benzene rings is 2. The third kappa shape index (κ3) is 5.11. The van der Waals surface area contributed by atoms with Gasteiger partial charge in [0.15, 0.2) is 10.2 Å². The molecule has 0 aliphatic heterocycles. The summed E-state index contributed by atoms with van der Waals surface area (Å²) in [5.41, 5.74) is 18.9. The smallest absolute Gasteiger partial charge is 0.184 e. The summed E-state index contributed by atoms with van der Waals surface area (Å²) in [6.07, 6.45) is 0. The molecule has 0 heterocycles. The molecule has 0 aromatic heterocycles. The van der Waals surface area contributed by atoms with Crippen molar-refractivity contribution in [2.24, 2.45) is 21.7 Å². The molecule has 0 atom stereocenters. The maximum absolute atomic E-state index is 5.50. The largest absolute Gasteiger partial charge is 0.375 e. The van der Waals surface area contributed by atoms with Crippen LogP contribution in [0.4, 0.5) is 0 Å². The van der Waals surface area contributed by atoms with Crippen LogP contribution in [0.3, 0.4) is 0 Å². The number of thiocarbonyl (C=S) groups is 2. The van der Waals surface area contributed by atoms with Crippen LogP contribution < -0.4 is 22.3 Å². The third-order valence-electron chi connectivity index (χ3n) is 2.87. The van der Waals surface area contributed by atoms with Crippen LogP contribution in [-0.4, -0.2) is 21.6 Å². The number of nitrogens with two attached hydrogens (primary N) is 2. The van der Waals surface area contributed by atoms with E-state index in [-0.39, 0.29) is 10.2 Å². The minimum atomic E-state index is 0.0538. The van der Waals surface area contributed by atoms with Crippen molar-refractivity contribution in [1.29, 1.82) is 0 Å². The van der Waals surface area contributed by atoms with E-state index in [1.807, 2.05) is 60.7 Å². The highest BCUT2D eigenvalue weighted by atomic mass is 32.1. The molecule has 2 aromatic rings. The first kappa shape index (κ1) is 17.5. The highest BCUT2D eigenvalue weighted by Crippen LogP contribution is 2.10. The molecule has 24 heavy (non-hydrogen) atoms. The van der Waals surface area contributed by atoms with Gasteiger partial charge >= 0.3 is 0 Å². The van der Waals surface area contributed by atoms with Crippen LogP contribution in [0.15, 0.2) is 70.9 Å². The van der Waals surface area contributed by atoms with Gasteiger partial charge in [-0.2, -0.15) is 10.2 Å². The lowest BCUT2D eigenvalue weighted by atomic mass is 10.00. The Morgan fingerprint density at radius 1 is 0.667 bits per heavy atom. The van der Waals surface area contributed by atoms with Crippen molar-refractivity contribution in [1.82, 2.24) is 10.9 Å². The van der Waals surface area contributed by atoms with E-state index in [4.69, 9.17) is 35.9 Å². The predicted molar refractivity (Wildman–Crippen MR) is 106 cm³/mol. The van der Waals surface area contributed by atoms with Crippen LogP contribution in [0.5, 0.6) is 0 Å². The van der Waals surface area contributed by atoms with E-state index >= 15 is 0 Å². The summed E-state index contributed by atoms with van der Waals surface area (Å²) in [7, 11) is 0. The van der Waals surface area contributed by atoms with Gasteiger partial charge in [0.1, 0.15) is 11.4 Å². The Morgan fingerprint density at radius 2 is 1.00 bits per heavy atom. The summed E-state index contributed by atoms with van der Waals surface area (Å²) >= 11 is 9.67. The summed E-state index contributed by atoms with van der Waals surface area (Å²) in [4.78, 5) is 0. The van der Waals surface area contributed by atoms with Crippen LogP contribution in [0.1, 0.15) is 11.1 Å². The lowest BCUT2D eigenvalue weighted by Crippen LogP contribution is -2.31. The van der Waals surface area contributed by atoms with Crippen molar-refractivity contribution in [3.05, 3.63) is 71.8 Å². The maximum atomic E-state index is 5.50. The Hall–Kier alpha value is -2.84. The lowest BCUT2D eigenvalue weighted by Gasteiger charge is -2.11. The van der Waals surface area contributed by atoms with Gasteiger partial charge in [-0.25, -0.2) is 0 Å². The van der Waals surface area contributed by atoms with Crippen molar-refractivity contribution < 1.29 is 0 Å². The Kier molecular flexibility index (Phi) is 6.35. The fraction of sp³-hybridized carbons (Fsp3) is 0. The molecule has 122 valence electrons. The van der Waals surface area contributed by atoms with E-state index in [2.05, 4.69) is 21.1 Å². The molecular formula is C16H16N6S2. The normalized spacial score (nSPS) is 11.7. The number of nitrogens with zero attached hydrogens (tertiary/aromatic N) is 2. The summed E-state index contributed by atoms with van der Waals surface area (Å²) in [5, 5.41) is 8.70. The second kappa shape index (κ2) is 8.70. The molecule has 0 aliphatic rings. The summed E-state index contributed by atoms with van der Waals surface area (Å²) < 4.78 is 0. The van der Waals surface area contributed by atoms with Gasteiger partial charge in [-0.1, -0.05) is 60.7 Å². The van der Waals surface area contributed by atoms with E-state index in [9.17, 15) is 0 Å². The van der Waals surface area contributed by atoms with E-state index in [1.165, 1.54) is 0 Å². The molecule has 2 rings (SSSR count). The van der Waals surface area contributed by atoms with Gasteiger partial charge in [0.25, 0.3) is 0 Å². The quantitative estimate of drug-likeness (QED) is 0.368. The molecule has 6 N–H and O–H groups in total. The molecule has 0 saturated heterocycles. The zero-order valence-electron chi connectivity index (χ0n) is 12.6. The molecule has 0 fully saturated rings. The van der Waals surface area contributed by atoms with Crippen molar-refractivity contribution in [3.63, 3.8) is 0 Å². The van der Waals surface area contributed by atoms with Gasteiger partial charge in [0.05, 0.1) is 0 Å². The van der Waals surface area contributed by atoms with Gasteiger partial charge in [-0.3, -0.25) is 10.9 Å². The van der Waals surface area contributed by atoms with Gasteiger partial charge < -0.3 is 11.5 Å². The first-order valence-corrected chi connectivity index (χ1v) is 7.77. The number of hydrazone groups is 2. The Balaban J connectivity index is 2.56. The molecule has 0 bridgehead atoms. The summed E-state index contributed by atoms with van der Waals surface area (Å²) in [5.74, 6) is 0. The Morgan fingerprint density at radius 3 is 1.29 bits per heavy atom. The number of nitrogens with one attached hydrogen (secondary N) is 2. The minimum Gasteiger partial charge on any atom is -0.375 e. The Bertz CT molecular complexity index is 704. The van der Waals surface area contributed by atoms with Crippen LogP contribution in [0.25, 0.3) is 0 Å².